The Balaban J connectivity index is 0.000000215. The monoisotopic (exact) mass is 654 g/mol. The summed E-state index contributed by atoms with van der Waals surface area (Å²) in [6.07, 6.45) is 5.92. The quantitative estimate of drug-likeness (QED) is 0.232. The number of benzene rings is 1. The lowest BCUT2D eigenvalue weighted by Gasteiger charge is -2.21. The fourth-order valence-electron chi connectivity index (χ4n) is 4.97. The third kappa shape index (κ3) is 6.84. The minimum absolute atomic E-state index is 0.00184. The number of nitrogens with one attached hydrogen (secondary N) is 1. The summed E-state index contributed by atoms with van der Waals surface area (Å²) < 4.78 is 4.84. The maximum Gasteiger partial charge on any atom is 0.349 e. The normalized spacial score (nSPS) is 19.6. The lowest BCUT2D eigenvalue weighted by Crippen LogP contribution is -2.41. The van der Waals surface area contributed by atoms with E-state index in [0.717, 1.165) is 12.8 Å². The molecule has 1 aromatic heterocycles. The molecule has 3 aliphatic rings. The van der Waals surface area contributed by atoms with Crippen molar-refractivity contribution < 1.29 is 33.8 Å². The summed E-state index contributed by atoms with van der Waals surface area (Å²) in [5.41, 5.74) is 1.37. The summed E-state index contributed by atoms with van der Waals surface area (Å²) in [5, 5.41) is 12.0. The molecule has 2 N–H and O–H groups in total. The van der Waals surface area contributed by atoms with Crippen LogP contribution in [0.15, 0.2) is 57.7 Å². The number of hydrogen-bond donors (Lipinski definition) is 2. The van der Waals surface area contributed by atoms with Crippen molar-refractivity contribution in [3.05, 3.63) is 74.6 Å². The van der Waals surface area contributed by atoms with Gasteiger partial charge in [-0.05, 0) is 87.4 Å². The molecule has 1 aromatic carbocycles. The highest BCUT2D eigenvalue weighted by atomic mass is 35.5. The van der Waals surface area contributed by atoms with Crippen molar-refractivity contribution in [3.8, 4) is 0 Å². The molecule has 13 heteroatoms. The predicted octanol–water partition coefficient (Wildman–Crippen LogP) is 5.30. The second kappa shape index (κ2) is 13.7. The van der Waals surface area contributed by atoms with Crippen LogP contribution in [0.1, 0.15) is 75.0 Å². The predicted molar refractivity (Wildman–Crippen MR) is 169 cm³/mol. The van der Waals surface area contributed by atoms with Crippen molar-refractivity contribution in [3.63, 3.8) is 0 Å². The van der Waals surface area contributed by atoms with Crippen molar-refractivity contribution >= 4 is 70.5 Å². The smallest absolute Gasteiger partial charge is 0.349 e. The van der Waals surface area contributed by atoms with Gasteiger partial charge in [0.2, 0.25) is 0 Å². The van der Waals surface area contributed by atoms with E-state index in [0.29, 0.717) is 40.3 Å². The van der Waals surface area contributed by atoms with E-state index in [2.05, 4.69) is 15.3 Å². The number of aromatic carboxylic acids is 1. The van der Waals surface area contributed by atoms with Gasteiger partial charge < -0.3 is 15.2 Å². The number of ether oxygens (including phenoxy) is 1. The van der Waals surface area contributed by atoms with Crippen LogP contribution in [0.25, 0.3) is 6.08 Å². The van der Waals surface area contributed by atoms with Crippen molar-refractivity contribution in [2.45, 2.75) is 58.9 Å². The molecule has 0 fully saturated rings. The molecule has 45 heavy (non-hydrogen) atoms. The van der Waals surface area contributed by atoms with Crippen LogP contribution in [0.2, 0.25) is 5.02 Å². The Hall–Kier alpha value is -4.35. The Kier molecular flexibility index (Phi) is 10.2. The molecular formula is C32H32Cl2N4O7. The molecule has 2 aliphatic heterocycles. The van der Waals surface area contributed by atoms with Crippen LogP contribution in [0, 0.1) is 5.92 Å². The second-order valence-corrected chi connectivity index (χ2v) is 11.8. The number of rotatable bonds is 7. The molecule has 5 rings (SSSR count). The van der Waals surface area contributed by atoms with Gasteiger partial charge in [-0.15, -0.1) is 0 Å². The zero-order valence-electron chi connectivity index (χ0n) is 25.1. The number of amidine groups is 1. The molecule has 2 aromatic rings. The average Bonchev–Trinajstić information content (AvgIpc) is 3.47. The third-order valence-corrected chi connectivity index (χ3v) is 8.41. The fourth-order valence-corrected chi connectivity index (χ4v) is 5.31. The first kappa shape index (κ1) is 33.5. The standard InChI is InChI=1S/C19H17Cl2NO4.C13H15N3O3/c1-2-26-19(25)16(21)10-11-9-12(7-8-15(11)20)22-17(23)13-5-3-4-6-14(13)18(22)24;1-7(2)13(3)12(19)15-10(16-13)9-8(11(17)18)5-4-6-14-9/h7-10H,2-6H2,1H3;4-7H,1-3H3,(H,17,18)(H,15,16,19)/b16-10-;. The number of carboxylic acid groups (broad SMARTS) is 1. The molecule has 0 saturated carbocycles. The Morgan fingerprint density at radius 3 is 2.33 bits per heavy atom. The highest BCUT2D eigenvalue weighted by Gasteiger charge is 2.43. The first-order chi connectivity index (χ1) is 21.3. The molecule has 3 heterocycles. The Morgan fingerprint density at radius 1 is 1.13 bits per heavy atom. The molecule has 1 atom stereocenters. The number of imide groups is 1. The van der Waals surface area contributed by atoms with Crippen molar-refractivity contribution in [1.29, 1.82) is 0 Å². The number of carbonyl (C=O) groups excluding carboxylic acids is 4. The maximum absolute atomic E-state index is 12.7. The van der Waals surface area contributed by atoms with Gasteiger partial charge in [-0.3, -0.25) is 19.4 Å². The van der Waals surface area contributed by atoms with E-state index in [1.807, 2.05) is 13.8 Å². The molecule has 0 spiro atoms. The summed E-state index contributed by atoms with van der Waals surface area (Å²) >= 11 is 12.1. The minimum atomic E-state index is -1.10. The van der Waals surface area contributed by atoms with Gasteiger partial charge in [0.05, 0.1) is 17.9 Å². The van der Waals surface area contributed by atoms with Crippen LogP contribution < -0.4 is 10.2 Å². The molecule has 0 radical (unpaired) electrons. The molecule has 1 aliphatic carbocycles. The van der Waals surface area contributed by atoms with E-state index in [1.54, 1.807) is 32.0 Å². The molecular weight excluding hydrogens is 623 g/mol. The number of pyridine rings is 1. The molecule has 0 saturated heterocycles. The van der Waals surface area contributed by atoms with Gasteiger partial charge >= 0.3 is 11.9 Å². The van der Waals surface area contributed by atoms with Crippen LogP contribution in [0.4, 0.5) is 5.69 Å². The molecule has 236 valence electrons. The van der Waals surface area contributed by atoms with Gasteiger partial charge in [-0.25, -0.2) is 19.5 Å². The summed E-state index contributed by atoms with van der Waals surface area (Å²) in [6, 6.07) is 7.70. The number of amides is 3. The third-order valence-electron chi connectivity index (χ3n) is 7.80. The number of aromatic nitrogens is 1. The van der Waals surface area contributed by atoms with E-state index < -0.39 is 17.5 Å². The second-order valence-electron chi connectivity index (χ2n) is 10.9. The van der Waals surface area contributed by atoms with E-state index >= 15 is 0 Å². The van der Waals surface area contributed by atoms with Gasteiger partial charge in [0.25, 0.3) is 17.7 Å². The maximum atomic E-state index is 12.7. The number of esters is 1. The number of anilines is 1. The lowest BCUT2D eigenvalue weighted by atomic mass is 9.89. The lowest BCUT2D eigenvalue weighted by molar-refractivity contribution is -0.137. The number of aliphatic imine (C=N–C) groups is 1. The number of nitrogens with zero attached hydrogens (tertiary/aromatic N) is 3. The topological polar surface area (TPSA) is 155 Å². The van der Waals surface area contributed by atoms with Gasteiger partial charge in [-0.1, -0.05) is 37.0 Å². The summed E-state index contributed by atoms with van der Waals surface area (Å²) in [5.74, 6) is -2.34. The number of halogens is 2. The minimum Gasteiger partial charge on any atom is -0.478 e. The van der Waals surface area contributed by atoms with Crippen molar-refractivity contribution in [1.82, 2.24) is 10.3 Å². The van der Waals surface area contributed by atoms with Crippen LogP contribution in [-0.4, -0.2) is 57.7 Å². The van der Waals surface area contributed by atoms with Gasteiger partial charge in [0.15, 0.2) is 5.84 Å². The summed E-state index contributed by atoms with van der Waals surface area (Å²) in [6.45, 7) is 7.38. The molecule has 1 unspecified atom stereocenters. The molecule has 11 nitrogen and oxygen atoms in total. The summed E-state index contributed by atoms with van der Waals surface area (Å²) in [4.78, 5) is 69.7. The first-order valence-electron chi connectivity index (χ1n) is 14.3. The fraction of sp³-hybridized carbons (Fsp3) is 0.344. The number of hydrogen-bond acceptors (Lipinski definition) is 8. The van der Waals surface area contributed by atoms with Crippen LogP contribution in [-0.2, 0) is 23.9 Å². The zero-order chi connectivity index (χ0) is 33.1. The SMILES string of the molecule is CC(C)C1(C)N=C(c2ncccc2C(=O)O)NC1=O.CCOC(=O)/C(Cl)=C/c1cc(N2C(=O)C3=C(CCCC3)C2=O)ccc1Cl. The summed E-state index contributed by atoms with van der Waals surface area (Å²) in [7, 11) is 0. The molecule has 0 bridgehead atoms. The van der Waals surface area contributed by atoms with Crippen LogP contribution in [0.3, 0.4) is 0 Å². The van der Waals surface area contributed by atoms with E-state index in [4.69, 9.17) is 33.0 Å². The van der Waals surface area contributed by atoms with E-state index in [-0.39, 0.29) is 52.4 Å². The number of carboxylic acids is 1. The average molecular weight is 656 g/mol. The van der Waals surface area contributed by atoms with Gasteiger partial charge in [0.1, 0.15) is 16.3 Å². The van der Waals surface area contributed by atoms with Crippen molar-refractivity contribution in [2.24, 2.45) is 10.9 Å². The van der Waals surface area contributed by atoms with E-state index in [9.17, 15) is 24.0 Å². The number of carbonyl (C=O) groups is 5. The van der Waals surface area contributed by atoms with Crippen LogP contribution >= 0.6 is 23.2 Å². The van der Waals surface area contributed by atoms with Crippen molar-refractivity contribution in [2.75, 3.05) is 11.5 Å². The highest BCUT2D eigenvalue weighted by Crippen LogP contribution is 2.37. The Morgan fingerprint density at radius 2 is 1.78 bits per heavy atom. The largest absolute Gasteiger partial charge is 0.478 e. The Labute approximate surface area is 270 Å². The first-order valence-corrected chi connectivity index (χ1v) is 15.1. The van der Waals surface area contributed by atoms with E-state index in [1.165, 1.54) is 29.3 Å². The Bertz CT molecular complexity index is 1650. The van der Waals surface area contributed by atoms with Gasteiger partial charge in [0, 0.05) is 22.4 Å². The zero-order valence-corrected chi connectivity index (χ0v) is 26.7. The van der Waals surface area contributed by atoms with Crippen LogP contribution in [0.5, 0.6) is 0 Å². The van der Waals surface area contributed by atoms with Gasteiger partial charge in [-0.2, -0.15) is 0 Å². The molecule has 3 amide bonds. The highest BCUT2D eigenvalue weighted by molar-refractivity contribution is 6.43.